The zero-order valence-electron chi connectivity index (χ0n) is 11.1. The number of hydrogen-bond donors (Lipinski definition) is 1. The Morgan fingerprint density at radius 2 is 2.06 bits per heavy atom. The lowest BCUT2D eigenvalue weighted by atomic mass is 9.99. The van der Waals surface area contributed by atoms with Crippen molar-refractivity contribution >= 4 is 29.6 Å². The second-order valence-corrected chi connectivity index (χ2v) is 5.74. The highest BCUT2D eigenvalue weighted by atomic mass is 32.2. The lowest BCUT2D eigenvalue weighted by molar-refractivity contribution is -0.142. The van der Waals surface area contributed by atoms with Crippen LogP contribution in [0.3, 0.4) is 0 Å². The zero-order valence-corrected chi connectivity index (χ0v) is 11.9. The maximum absolute atomic E-state index is 12.1. The first-order valence-electron chi connectivity index (χ1n) is 6.20. The number of imide groups is 2. The molecule has 1 rings (SSSR count). The van der Waals surface area contributed by atoms with Crippen molar-refractivity contribution in [2.45, 2.75) is 38.4 Å². The van der Waals surface area contributed by atoms with Gasteiger partial charge in [0.05, 0.1) is 0 Å². The number of urea groups is 1. The molecule has 1 aliphatic heterocycles. The summed E-state index contributed by atoms with van der Waals surface area (Å²) < 4.78 is 0. The monoisotopic (exact) mass is 272 g/mol. The van der Waals surface area contributed by atoms with Crippen molar-refractivity contribution in [2.75, 3.05) is 12.8 Å². The SMILES string of the molecule is CCCC1C(=O)NC(=O)N(CCC(C)SC)C1=O. The van der Waals surface area contributed by atoms with Gasteiger partial charge < -0.3 is 0 Å². The van der Waals surface area contributed by atoms with Crippen molar-refractivity contribution < 1.29 is 14.4 Å². The molecule has 1 N–H and O–H groups in total. The molecule has 5 nitrogen and oxygen atoms in total. The average Bonchev–Trinajstić information content (AvgIpc) is 2.33. The molecule has 0 spiro atoms. The molecule has 0 bridgehead atoms. The van der Waals surface area contributed by atoms with Crippen molar-refractivity contribution in [1.82, 2.24) is 10.2 Å². The Kier molecular flexibility index (Phi) is 5.65. The van der Waals surface area contributed by atoms with Gasteiger partial charge in [0.25, 0.3) is 0 Å². The molecule has 1 heterocycles. The molecule has 0 aromatic rings. The fourth-order valence-corrected chi connectivity index (χ4v) is 2.19. The molecule has 6 heteroatoms. The second-order valence-electron chi connectivity index (χ2n) is 4.46. The van der Waals surface area contributed by atoms with Crippen LogP contribution in [0.5, 0.6) is 0 Å². The Balaban J connectivity index is 2.68. The number of hydrogen-bond acceptors (Lipinski definition) is 4. The molecule has 1 saturated heterocycles. The van der Waals surface area contributed by atoms with Crippen molar-refractivity contribution in [3.63, 3.8) is 0 Å². The number of thioether (sulfide) groups is 1. The number of carbonyl (C=O) groups is 3. The minimum Gasteiger partial charge on any atom is -0.277 e. The molecule has 102 valence electrons. The van der Waals surface area contributed by atoms with Crippen molar-refractivity contribution in [2.24, 2.45) is 5.92 Å². The van der Waals surface area contributed by atoms with Gasteiger partial charge >= 0.3 is 6.03 Å². The van der Waals surface area contributed by atoms with Gasteiger partial charge in [0, 0.05) is 11.8 Å². The standard InChI is InChI=1S/C12H20N2O3S/c1-4-5-9-10(15)13-12(17)14(11(9)16)7-6-8(2)18-3/h8-9H,4-7H2,1-3H3,(H,13,15,17). The van der Waals surface area contributed by atoms with Gasteiger partial charge in [-0.3, -0.25) is 19.8 Å². The molecular formula is C12H20N2O3S. The van der Waals surface area contributed by atoms with E-state index in [-0.39, 0.29) is 5.91 Å². The van der Waals surface area contributed by atoms with Crippen LogP contribution in [0.25, 0.3) is 0 Å². The Bertz CT molecular complexity index is 346. The molecule has 4 amide bonds. The Morgan fingerprint density at radius 1 is 1.39 bits per heavy atom. The summed E-state index contributed by atoms with van der Waals surface area (Å²) >= 11 is 1.69. The topological polar surface area (TPSA) is 66.5 Å². The van der Waals surface area contributed by atoms with Gasteiger partial charge in [-0.25, -0.2) is 4.79 Å². The van der Waals surface area contributed by atoms with Crippen LogP contribution in [0.2, 0.25) is 0 Å². The van der Waals surface area contributed by atoms with Crippen molar-refractivity contribution in [3.8, 4) is 0 Å². The van der Waals surface area contributed by atoms with Gasteiger partial charge in [-0.15, -0.1) is 0 Å². The maximum Gasteiger partial charge on any atom is 0.330 e. The third-order valence-corrected chi connectivity index (χ3v) is 4.14. The minimum atomic E-state index is -0.697. The van der Waals surface area contributed by atoms with Gasteiger partial charge in [0.15, 0.2) is 0 Å². The van der Waals surface area contributed by atoms with E-state index in [0.717, 1.165) is 12.8 Å². The molecule has 2 atom stereocenters. The molecular weight excluding hydrogens is 252 g/mol. The first-order valence-corrected chi connectivity index (χ1v) is 7.49. The summed E-state index contributed by atoms with van der Waals surface area (Å²) in [5.74, 6) is -1.50. The molecule has 0 radical (unpaired) electrons. The Labute approximate surface area is 112 Å². The molecule has 1 aliphatic rings. The number of rotatable bonds is 6. The summed E-state index contributed by atoms with van der Waals surface area (Å²) in [5, 5.41) is 2.64. The molecule has 0 aromatic heterocycles. The van der Waals surface area contributed by atoms with Crippen LogP contribution in [0.4, 0.5) is 4.79 Å². The smallest absolute Gasteiger partial charge is 0.277 e. The predicted octanol–water partition coefficient (Wildman–Crippen LogP) is 1.62. The van der Waals surface area contributed by atoms with Crippen LogP contribution in [0, 0.1) is 5.92 Å². The lowest BCUT2D eigenvalue weighted by Crippen LogP contribution is -2.58. The molecule has 18 heavy (non-hydrogen) atoms. The summed E-state index contributed by atoms with van der Waals surface area (Å²) in [6.45, 7) is 4.34. The fourth-order valence-electron chi connectivity index (χ4n) is 1.84. The van der Waals surface area contributed by atoms with Crippen LogP contribution in [-0.4, -0.2) is 40.8 Å². The third kappa shape index (κ3) is 3.48. The van der Waals surface area contributed by atoms with E-state index < -0.39 is 17.9 Å². The second kappa shape index (κ2) is 6.78. The quantitative estimate of drug-likeness (QED) is 0.746. The molecule has 0 aromatic carbocycles. The average molecular weight is 272 g/mol. The zero-order chi connectivity index (χ0) is 13.7. The predicted molar refractivity (Wildman–Crippen MR) is 71.2 cm³/mol. The van der Waals surface area contributed by atoms with Crippen LogP contribution in [0.15, 0.2) is 0 Å². The third-order valence-electron chi connectivity index (χ3n) is 3.09. The fraction of sp³-hybridized carbons (Fsp3) is 0.750. The van der Waals surface area contributed by atoms with Crippen LogP contribution in [0.1, 0.15) is 33.1 Å². The number of carbonyl (C=O) groups excluding carboxylic acids is 3. The number of barbiturate groups is 1. The van der Waals surface area contributed by atoms with E-state index in [1.165, 1.54) is 4.90 Å². The highest BCUT2D eigenvalue weighted by Crippen LogP contribution is 2.18. The number of nitrogens with one attached hydrogen (secondary N) is 1. The molecule has 2 unspecified atom stereocenters. The normalized spacial score (nSPS) is 22.1. The van der Waals surface area contributed by atoms with E-state index >= 15 is 0 Å². The molecule has 1 fully saturated rings. The summed E-state index contributed by atoms with van der Waals surface area (Å²) in [7, 11) is 0. The van der Waals surface area contributed by atoms with E-state index in [9.17, 15) is 14.4 Å². The highest BCUT2D eigenvalue weighted by molar-refractivity contribution is 7.99. The first-order chi connectivity index (χ1) is 8.51. The van der Waals surface area contributed by atoms with E-state index in [1.54, 1.807) is 11.8 Å². The van der Waals surface area contributed by atoms with Crippen LogP contribution in [-0.2, 0) is 9.59 Å². The Morgan fingerprint density at radius 3 is 2.61 bits per heavy atom. The van der Waals surface area contributed by atoms with Crippen molar-refractivity contribution in [1.29, 1.82) is 0 Å². The van der Waals surface area contributed by atoms with Gasteiger partial charge in [-0.1, -0.05) is 20.3 Å². The number of amides is 4. The van der Waals surface area contributed by atoms with E-state index in [2.05, 4.69) is 5.32 Å². The summed E-state index contributed by atoms with van der Waals surface area (Å²) in [6, 6.07) is -0.578. The largest absolute Gasteiger partial charge is 0.330 e. The minimum absolute atomic E-state index is 0.348. The summed E-state index contributed by atoms with van der Waals surface area (Å²) in [4.78, 5) is 36.4. The van der Waals surface area contributed by atoms with Crippen LogP contribution >= 0.6 is 11.8 Å². The van der Waals surface area contributed by atoms with Gasteiger partial charge in [0.1, 0.15) is 5.92 Å². The molecule has 0 aliphatic carbocycles. The van der Waals surface area contributed by atoms with Crippen LogP contribution < -0.4 is 5.32 Å². The first kappa shape index (κ1) is 15.0. The number of nitrogens with zero attached hydrogens (tertiary/aromatic N) is 1. The van der Waals surface area contributed by atoms with E-state index in [1.807, 2.05) is 20.1 Å². The van der Waals surface area contributed by atoms with E-state index in [0.29, 0.717) is 18.2 Å². The highest BCUT2D eigenvalue weighted by Gasteiger charge is 2.39. The van der Waals surface area contributed by atoms with Gasteiger partial charge in [-0.05, 0) is 19.1 Å². The summed E-state index contributed by atoms with van der Waals surface area (Å²) in [5.41, 5.74) is 0. The van der Waals surface area contributed by atoms with Gasteiger partial charge in [-0.2, -0.15) is 11.8 Å². The van der Waals surface area contributed by atoms with Crippen molar-refractivity contribution in [3.05, 3.63) is 0 Å². The lowest BCUT2D eigenvalue weighted by Gasteiger charge is -2.30. The summed E-state index contributed by atoms with van der Waals surface area (Å²) in [6.07, 6.45) is 3.97. The van der Waals surface area contributed by atoms with Gasteiger partial charge in [0.2, 0.25) is 11.8 Å². The molecule has 0 saturated carbocycles. The van der Waals surface area contributed by atoms with E-state index in [4.69, 9.17) is 0 Å². The Hall–Kier alpha value is -1.04. The maximum atomic E-state index is 12.1.